The third kappa shape index (κ3) is 6.07. The van der Waals surface area contributed by atoms with Gasteiger partial charge >= 0.3 is 0 Å². The van der Waals surface area contributed by atoms with Crippen LogP contribution in [-0.4, -0.2) is 13.1 Å². The first-order chi connectivity index (χ1) is 8.03. The maximum absolute atomic E-state index is 8.62. The van der Waals surface area contributed by atoms with Gasteiger partial charge in [0.15, 0.2) is 0 Å². The van der Waals surface area contributed by atoms with Gasteiger partial charge in [0, 0.05) is 13.0 Å². The quantitative estimate of drug-likeness (QED) is 0.762. The van der Waals surface area contributed by atoms with Gasteiger partial charge in [0.25, 0.3) is 0 Å². The van der Waals surface area contributed by atoms with Gasteiger partial charge in [0.2, 0.25) is 0 Å². The Hall–Kier alpha value is -0.550. The zero-order chi connectivity index (χ0) is 12.7. The van der Waals surface area contributed by atoms with E-state index in [2.05, 4.69) is 32.2 Å². The summed E-state index contributed by atoms with van der Waals surface area (Å²) in [6, 6.07) is 2.24. The lowest BCUT2D eigenvalue weighted by molar-refractivity contribution is 0.253. The molecule has 0 spiro atoms. The van der Waals surface area contributed by atoms with Crippen LogP contribution >= 0.6 is 0 Å². The minimum atomic E-state index is 0.260. The van der Waals surface area contributed by atoms with Crippen LogP contribution in [0.5, 0.6) is 0 Å². The van der Waals surface area contributed by atoms with E-state index < -0.39 is 0 Å². The second kappa shape index (κ2) is 7.01. The lowest BCUT2D eigenvalue weighted by atomic mass is 9.82. The Morgan fingerprint density at radius 1 is 1.35 bits per heavy atom. The predicted molar refractivity (Wildman–Crippen MR) is 72.6 cm³/mol. The number of hydrogen-bond donors (Lipinski definition) is 1. The molecule has 1 fully saturated rings. The largest absolute Gasteiger partial charge is 0.316 e. The summed E-state index contributed by atoms with van der Waals surface area (Å²) < 4.78 is 0. The highest BCUT2D eigenvalue weighted by Crippen LogP contribution is 2.28. The van der Waals surface area contributed by atoms with Crippen LogP contribution in [0.15, 0.2) is 0 Å². The number of nitrogens with one attached hydrogen (secondary N) is 1. The number of hydrogen-bond acceptors (Lipinski definition) is 2. The summed E-state index contributed by atoms with van der Waals surface area (Å²) in [4.78, 5) is 0. The van der Waals surface area contributed by atoms with Gasteiger partial charge in [-0.25, -0.2) is 0 Å². The van der Waals surface area contributed by atoms with Crippen LogP contribution in [0.2, 0.25) is 0 Å². The second-order valence-electron chi connectivity index (χ2n) is 6.59. The highest BCUT2D eigenvalue weighted by atomic mass is 14.9. The fourth-order valence-electron chi connectivity index (χ4n) is 2.84. The molecule has 1 saturated carbocycles. The van der Waals surface area contributed by atoms with Crippen molar-refractivity contribution in [3.8, 4) is 6.07 Å². The van der Waals surface area contributed by atoms with Crippen molar-refractivity contribution in [2.75, 3.05) is 13.1 Å². The SMILES string of the molecule is CC1CCCC(CNCC(C)(C)CCC#N)C1. The maximum Gasteiger partial charge on any atom is 0.0621 e. The molecule has 2 atom stereocenters. The molecule has 2 heteroatoms. The van der Waals surface area contributed by atoms with E-state index in [0.717, 1.165) is 24.8 Å². The van der Waals surface area contributed by atoms with E-state index in [1.165, 1.54) is 32.2 Å². The van der Waals surface area contributed by atoms with E-state index in [1.54, 1.807) is 0 Å². The van der Waals surface area contributed by atoms with Gasteiger partial charge in [-0.2, -0.15) is 5.26 Å². The van der Waals surface area contributed by atoms with Gasteiger partial charge in [0.05, 0.1) is 6.07 Å². The first kappa shape index (κ1) is 14.5. The van der Waals surface area contributed by atoms with Crippen molar-refractivity contribution in [1.82, 2.24) is 5.32 Å². The molecule has 0 aliphatic heterocycles. The highest BCUT2D eigenvalue weighted by molar-refractivity contribution is 4.80. The molecule has 2 unspecified atom stereocenters. The van der Waals surface area contributed by atoms with Crippen molar-refractivity contribution < 1.29 is 0 Å². The average molecular weight is 236 g/mol. The Morgan fingerprint density at radius 2 is 2.12 bits per heavy atom. The third-order valence-corrected chi connectivity index (χ3v) is 4.00. The number of rotatable bonds is 6. The summed E-state index contributed by atoms with van der Waals surface area (Å²) in [5.41, 5.74) is 0.260. The molecule has 1 aliphatic carbocycles. The molecule has 0 aromatic heterocycles. The number of nitriles is 1. The second-order valence-corrected chi connectivity index (χ2v) is 6.59. The summed E-state index contributed by atoms with van der Waals surface area (Å²) in [5.74, 6) is 1.80. The topological polar surface area (TPSA) is 35.8 Å². The zero-order valence-electron chi connectivity index (χ0n) is 11.8. The number of nitrogens with zero attached hydrogens (tertiary/aromatic N) is 1. The Kier molecular flexibility index (Phi) is 5.98. The molecule has 0 heterocycles. The molecule has 0 aromatic carbocycles. The molecular formula is C15H28N2. The first-order valence-electron chi connectivity index (χ1n) is 7.11. The Balaban J connectivity index is 2.16. The normalized spacial score (nSPS) is 25.5. The average Bonchev–Trinajstić information content (AvgIpc) is 2.26. The van der Waals surface area contributed by atoms with Crippen molar-refractivity contribution in [2.45, 2.75) is 59.3 Å². The Bertz CT molecular complexity index is 252. The minimum absolute atomic E-state index is 0.260. The molecule has 1 aliphatic rings. The molecule has 0 aromatic rings. The molecule has 0 radical (unpaired) electrons. The molecule has 0 bridgehead atoms. The van der Waals surface area contributed by atoms with Crippen LogP contribution in [0.4, 0.5) is 0 Å². The molecule has 0 saturated heterocycles. The van der Waals surface area contributed by atoms with E-state index in [-0.39, 0.29) is 5.41 Å². The Labute approximate surface area is 107 Å². The molecule has 17 heavy (non-hydrogen) atoms. The van der Waals surface area contributed by atoms with Gasteiger partial charge in [-0.3, -0.25) is 0 Å². The van der Waals surface area contributed by atoms with E-state index >= 15 is 0 Å². The smallest absolute Gasteiger partial charge is 0.0621 e. The van der Waals surface area contributed by atoms with Gasteiger partial charge < -0.3 is 5.32 Å². The van der Waals surface area contributed by atoms with Crippen LogP contribution in [0.3, 0.4) is 0 Å². The lowest BCUT2D eigenvalue weighted by Gasteiger charge is -2.29. The van der Waals surface area contributed by atoms with E-state index in [0.29, 0.717) is 6.42 Å². The molecule has 1 N–H and O–H groups in total. The predicted octanol–water partition coefficient (Wildman–Crippen LogP) is 3.73. The van der Waals surface area contributed by atoms with Crippen molar-refractivity contribution in [3.05, 3.63) is 0 Å². The summed E-state index contributed by atoms with van der Waals surface area (Å²) >= 11 is 0. The van der Waals surface area contributed by atoms with Crippen LogP contribution in [0.1, 0.15) is 59.3 Å². The molecule has 0 amide bonds. The van der Waals surface area contributed by atoms with Crippen LogP contribution in [-0.2, 0) is 0 Å². The maximum atomic E-state index is 8.62. The van der Waals surface area contributed by atoms with E-state index in [9.17, 15) is 0 Å². The van der Waals surface area contributed by atoms with Crippen LogP contribution < -0.4 is 5.32 Å². The summed E-state index contributed by atoms with van der Waals surface area (Å²) in [6.07, 6.45) is 7.30. The zero-order valence-corrected chi connectivity index (χ0v) is 11.8. The van der Waals surface area contributed by atoms with E-state index in [4.69, 9.17) is 5.26 Å². The van der Waals surface area contributed by atoms with Gasteiger partial charge in [-0.05, 0) is 43.1 Å². The monoisotopic (exact) mass is 236 g/mol. The van der Waals surface area contributed by atoms with Crippen LogP contribution in [0, 0.1) is 28.6 Å². The summed E-state index contributed by atoms with van der Waals surface area (Å²) in [6.45, 7) is 9.09. The summed E-state index contributed by atoms with van der Waals surface area (Å²) in [7, 11) is 0. The highest BCUT2D eigenvalue weighted by Gasteiger charge is 2.21. The Morgan fingerprint density at radius 3 is 2.76 bits per heavy atom. The molecular weight excluding hydrogens is 208 g/mol. The van der Waals surface area contributed by atoms with E-state index in [1.807, 2.05) is 0 Å². The van der Waals surface area contributed by atoms with Crippen molar-refractivity contribution in [3.63, 3.8) is 0 Å². The first-order valence-corrected chi connectivity index (χ1v) is 7.11. The van der Waals surface area contributed by atoms with Crippen molar-refractivity contribution in [1.29, 1.82) is 5.26 Å². The fourth-order valence-corrected chi connectivity index (χ4v) is 2.84. The lowest BCUT2D eigenvalue weighted by Crippen LogP contribution is -2.34. The van der Waals surface area contributed by atoms with Crippen LogP contribution in [0.25, 0.3) is 0 Å². The van der Waals surface area contributed by atoms with Crippen molar-refractivity contribution in [2.24, 2.45) is 17.3 Å². The van der Waals surface area contributed by atoms with Crippen molar-refractivity contribution >= 4 is 0 Å². The molecule has 98 valence electrons. The molecule has 2 nitrogen and oxygen atoms in total. The molecule has 1 rings (SSSR count). The fraction of sp³-hybridized carbons (Fsp3) is 0.933. The van der Waals surface area contributed by atoms with Gasteiger partial charge in [-0.1, -0.05) is 33.6 Å². The minimum Gasteiger partial charge on any atom is -0.316 e. The summed E-state index contributed by atoms with van der Waals surface area (Å²) in [5, 5.41) is 12.2. The van der Waals surface area contributed by atoms with Gasteiger partial charge in [0.1, 0.15) is 0 Å². The van der Waals surface area contributed by atoms with Gasteiger partial charge in [-0.15, -0.1) is 0 Å². The third-order valence-electron chi connectivity index (χ3n) is 4.00. The standard InChI is InChI=1S/C15H28N2/c1-13-6-4-7-14(10-13)11-17-12-15(2,3)8-5-9-16/h13-14,17H,4-8,10-12H2,1-3H3.